The topological polar surface area (TPSA) is 76.1 Å². The molecule has 2 aromatic rings. The summed E-state index contributed by atoms with van der Waals surface area (Å²) < 4.78 is 26.8. The van der Waals surface area contributed by atoms with Crippen molar-refractivity contribution in [3.8, 4) is 0 Å². The Bertz CT molecular complexity index is 863. The average Bonchev–Trinajstić information content (AvgIpc) is 3.32. The smallest absolute Gasteiger partial charge is 0.239 e. The summed E-state index contributed by atoms with van der Waals surface area (Å²) in [5.74, 6) is -0.831. The van der Waals surface area contributed by atoms with Crippen molar-refractivity contribution >= 4 is 15.9 Å². The fraction of sp³-hybridized carbons (Fsp3) is 0.333. The number of carbonyl (C=O) groups excluding carboxylic acids is 1. The lowest BCUT2D eigenvalue weighted by Crippen LogP contribution is -2.33. The van der Waals surface area contributed by atoms with Gasteiger partial charge in [-0.1, -0.05) is 29.8 Å². The number of rotatable bonds is 5. The lowest BCUT2D eigenvalue weighted by molar-refractivity contribution is -0.120. The predicted octanol–water partition coefficient (Wildman–Crippen LogP) is 2.45. The van der Waals surface area contributed by atoms with Crippen molar-refractivity contribution in [3.05, 3.63) is 65.0 Å². The maximum Gasteiger partial charge on any atom is 0.239 e. The Morgan fingerprint density at radius 2 is 2.08 bits per heavy atom. The number of hydrogen-bond acceptors (Lipinski definition) is 4. The van der Waals surface area contributed by atoms with E-state index in [1.807, 2.05) is 44.2 Å². The Morgan fingerprint density at radius 3 is 2.79 bits per heavy atom. The lowest BCUT2D eigenvalue weighted by Gasteiger charge is -2.10. The van der Waals surface area contributed by atoms with E-state index in [1.165, 1.54) is 0 Å². The third-order valence-corrected chi connectivity index (χ3v) is 5.55. The van der Waals surface area contributed by atoms with Gasteiger partial charge in [0.15, 0.2) is 0 Å². The molecule has 1 saturated carbocycles. The molecule has 126 valence electrons. The first kappa shape index (κ1) is 16.6. The van der Waals surface area contributed by atoms with Crippen LogP contribution in [0.4, 0.5) is 0 Å². The van der Waals surface area contributed by atoms with Crippen LogP contribution in [0.2, 0.25) is 0 Å². The van der Waals surface area contributed by atoms with Crippen molar-refractivity contribution in [3.63, 3.8) is 0 Å². The number of carbonyl (C=O) groups is 1. The van der Waals surface area contributed by atoms with Gasteiger partial charge in [-0.25, -0.2) is 8.42 Å². The van der Waals surface area contributed by atoms with Gasteiger partial charge in [-0.2, -0.15) is 0 Å². The third-order valence-electron chi connectivity index (χ3n) is 4.35. The zero-order valence-electron chi connectivity index (χ0n) is 13.7. The molecule has 1 N–H and O–H groups in total. The van der Waals surface area contributed by atoms with Crippen LogP contribution >= 0.6 is 0 Å². The summed E-state index contributed by atoms with van der Waals surface area (Å²) in [5.41, 5.74) is 3.59. The Hall–Kier alpha value is -2.21. The molecular weight excluding hydrogens is 324 g/mol. The van der Waals surface area contributed by atoms with Crippen LogP contribution in [-0.2, 0) is 20.6 Å². The summed E-state index contributed by atoms with van der Waals surface area (Å²) in [6.45, 7) is 3.78. The van der Waals surface area contributed by atoms with E-state index >= 15 is 0 Å². The van der Waals surface area contributed by atoms with Crippen LogP contribution in [-0.4, -0.2) is 19.3 Å². The summed E-state index contributed by atoms with van der Waals surface area (Å²) in [6, 6.07) is 9.40. The van der Waals surface area contributed by atoms with Crippen molar-refractivity contribution in [2.24, 2.45) is 5.92 Å². The van der Waals surface area contributed by atoms with E-state index in [2.05, 4.69) is 9.71 Å². The van der Waals surface area contributed by atoms with Gasteiger partial charge in [-0.05, 0) is 48.9 Å². The van der Waals surface area contributed by atoms with Gasteiger partial charge < -0.3 is 0 Å². The number of nitrogens with one attached hydrogen (secondary N) is 1. The van der Waals surface area contributed by atoms with E-state index in [1.54, 1.807) is 12.4 Å². The predicted molar refractivity (Wildman–Crippen MR) is 91.8 cm³/mol. The third kappa shape index (κ3) is 3.82. The summed E-state index contributed by atoms with van der Waals surface area (Å²) in [6.07, 6.45) is 4.06. The van der Waals surface area contributed by atoms with E-state index in [0.717, 1.165) is 22.3 Å². The number of aryl methyl sites for hydroxylation is 2. The maximum absolute atomic E-state index is 12.3. The molecule has 0 spiro atoms. The summed E-state index contributed by atoms with van der Waals surface area (Å²) >= 11 is 0. The van der Waals surface area contributed by atoms with Gasteiger partial charge >= 0.3 is 0 Å². The first-order chi connectivity index (χ1) is 11.4. The molecule has 3 rings (SSSR count). The van der Waals surface area contributed by atoms with E-state index in [0.29, 0.717) is 6.42 Å². The number of sulfonamides is 1. The summed E-state index contributed by atoms with van der Waals surface area (Å²) in [7, 11) is -3.70. The Balaban J connectivity index is 1.65. The minimum atomic E-state index is -3.70. The van der Waals surface area contributed by atoms with Crippen molar-refractivity contribution in [1.29, 1.82) is 0 Å². The molecule has 1 aromatic heterocycles. The molecule has 6 heteroatoms. The molecule has 2 atom stereocenters. The highest BCUT2D eigenvalue weighted by Gasteiger charge is 2.45. The van der Waals surface area contributed by atoms with Crippen LogP contribution in [0.25, 0.3) is 0 Å². The minimum Gasteiger partial charge on any atom is -0.274 e. The molecule has 1 aliphatic rings. The number of hydrogen-bond donors (Lipinski definition) is 1. The van der Waals surface area contributed by atoms with Crippen molar-refractivity contribution < 1.29 is 13.2 Å². The largest absolute Gasteiger partial charge is 0.274 e. The summed E-state index contributed by atoms with van der Waals surface area (Å²) in [5, 5.41) is 0. The molecule has 5 nitrogen and oxygen atoms in total. The number of benzene rings is 1. The second-order valence-corrected chi connectivity index (χ2v) is 8.11. The first-order valence-corrected chi connectivity index (χ1v) is 9.51. The second kappa shape index (κ2) is 6.36. The van der Waals surface area contributed by atoms with Gasteiger partial charge in [-0.15, -0.1) is 0 Å². The van der Waals surface area contributed by atoms with Gasteiger partial charge in [0.1, 0.15) is 0 Å². The van der Waals surface area contributed by atoms with Gasteiger partial charge in [0, 0.05) is 18.3 Å². The minimum absolute atomic E-state index is 0.0644. The number of amides is 1. The normalized spacial score (nSPS) is 19.8. The molecule has 1 amide bonds. The molecule has 1 fully saturated rings. The number of pyridine rings is 1. The van der Waals surface area contributed by atoms with E-state index in [-0.39, 0.29) is 17.6 Å². The van der Waals surface area contributed by atoms with Crippen molar-refractivity contribution in [2.75, 3.05) is 0 Å². The monoisotopic (exact) mass is 344 g/mol. The van der Waals surface area contributed by atoms with Gasteiger partial charge in [-0.3, -0.25) is 14.5 Å². The highest BCUT2D eigenvalue weighted by Crippen LogP contribution is 2.47. The first-order valence-electron chi connectivity index (χ1n) is 7.86. The van der Waals surface area contributed by atoms with Gasteiger partial charge in [0.25, 0.3) is 0 Å². The van der Waals surface area contributed by atoms with Crippen molar-refractivity contribution in [1.82, 2.24) is 9.71 Å². The maximum atomic E-state index is 12.3. The zero-order chi connectivity index (χ0) is 17.3. The molecule has 0 bridgehead atoms. The molecular formula is C18H20N2O3S. The highest BCUT2D eigenvalue weighted by molar-refractivity contribution is 7.89. The van der Waals surface area contributed by atoms with Crippen molar-refractivity contribution in [2.45, 2.75) is 31.9 Å². The second-order valence-electron chi connectivity index (χ2n) is 6.39. The molecule has 1 aromatic carbocycles. The number of aromatic nitrogens is 1. The average molecular weight is 344 g/mol. The lowest BCUT2D eigenvalue weighted by atomic mass is 10.1. The molecule has 0 saturated heterocycles. The Kier molecular flexibility index (Phi) is 4.41. The molecule has 1 aliphatic carbocycles. The zero-order valence-corrected chi connectivity index (χ0v) is 14.5. The summed E-state index contributed by atoms with van der Waals surface area (Å²) in [4.78, 5) is 16.3. The Labute approximate surface area is 142 Å². The molecule has 0 radical (unpaired) electrons. The SMILES string of the molecule is Cc1ccc(C)c(CS(=O)(=O)NC(=O)[C@H]2C[C@@H]2c2cccnc2)c1. The van der Waals surface area contributed by atoms with Crippen LogP contribution in [0.5, 0.6) is 0 Å². The van der Waals surface area contributed by atoms with Crippen LogP contribution in [0.3, 0.4) is 0 Å². The van der Waals surface area contributed by atoms with Gasteiger partial charge in [0.2, 0.25) is 15.9 Å². The number of nitrogens with zero attached hydrogens (tertiary/aromatic N) is 1. The van der Waals surface area contributed by atoms with E-state index in [9.17, 15) is 13.2 Å². The molecule has 0 unspecified atom stereocenters. The van der Waals surface area contributed by atoms with E-state index < -0.39 is 15.9 Å². The quantitative estimate of drug-likeness (QED) is 0.904. The highest BCUT2D eigenvalue weighted by atomic mass is 32.2. The van der Waals surface area contributed by atoms with E-state index in [4.69, 9.17) is 0 Å². The molecule has 0 aliphatic heterocycles. The fourth-order valence-electron chi connectivity index (χ4n) is 2.87. The standard InChI is InChI=1S/C18H20N2O3S/c1-12-5-6-13(2)15(8-12)11-24(22,23)20-18(21)17-9-16(17)14-4-3-7-19-10-14/h3-8,10,16-17H,9,11H2,1-2H3,(H,20,21)/t16-,17+/m1/s1. The van der Waals surface area contributed by atoms with Gasteiger partial charge in [0.05, 0.1) is 5.75 Å². The Morgan fingerprint density at radius 1 is 1.29 bits per heavy atom. The van der Waals surface area contributed by atoms with Crippen LogP contribution in [0, 0.1) is 19.8 Å². The fourth-order valence-corrected chi connectivity index (χ4v) is 4.12. The van der Waals surface area contributed by atoms with Crippen LogP contribution < -0.4 is 4.72 Å². The van der Waals surface area contributed by atoms with Crippen LogP contribution in [0.1, 0.15) is 34.6 Å². The molecule has 24 heavy (non-hydrogen) atoms. The molecule has 1 heterocycles. The van der Waals surface area contributed by atoms with Crippen LogP contribution in [0.15, 0.2) is 42.7 Å².